The third kappa shape index (κ3) is 5.56. The van der Waals surface area contributed by atoms with E-state index in [4.69, 9.17) is 9.72 Å². The van der Waals surface area contributed by atoms with Crippen molar-refractivity contribution in [3.63, 3.8) is 0 Å². The van der Waals surface area contributed by atoms with E-state index >= 15 is 4.39 Å². The molecule has 38 heavy (non-hydrogen) atoms. The number of nitrogens with zero attached hydrogens (tertiary/aromatic N) is 7. The van der Waals surface area contributed by atoms with Crippen molar-refractivity contribution in [2.75, 3.05) is 36.4 Å². The number of hydrogen-bond acceptors (Lipinski definition) is 9. The lowest BCUT2D eigenvalue weighted by Gasteiger charge is -2.35. The van der Waals surface area contributed by atoms with Crippen LogP contribution in [-0.2, 0) is 4.79 Å². The lowest BCUT2D eigenvalue weighted by atomic mass is 10.1. The maximum absolute atomic E-state index is 15.1. The normalized spacial score (nSPS) is 13.2. The molecule has 0 saturated carbocycles. The molecule has 4 heterocycles. The van der Waals surface area contributed by atoms with Crippen LogP contribution in [0, 0.1) is 12.7 Å². The van der Waals surface area contributed by atoms with E-state index in [1.165, 1.54) is 18.2 Å². The molecule has 1 saturated heterocycles. The molecule has 4 aromatic rings. The highest BCUT2D eigenvalue weighted by Gasteiger charge is 2.24. The zero-order chi connectivity index (χ0) is 26.5. The summed E-state index contributed by atoms with van der Waals surface area (Å²) in [6.07, 6.45) is 7.87. The molecule has 1 amide bonds. The SMILES string of the molecule is C=CC(=O)N1CCN(c2nc(Nc3cccnc3)ncc2-c2ccc(Oc3nccc(C)n3)c(F)c2)CC1. The van der Waals surface area contributed by atoms with Crippen LogP contribution in [0.5, 0.6) is 11.8 Å². The molecular weight excluding hydrogens is 487 g/mol. The van der Waals surface area contributed by atoms with Gasteiger partial charge < -0.3 is 19.9 Å². The minimum atomic E-state index is -0.572. The van der Waals surface area contributed by atoms with Gasteiger partial charge in [0.1, 0.15) is 5.82 Å². The van der Waals surface area contributed by atoms with Crippen LogP contribution in [0.3, 0.4) is 0 Å². The van der Waals surface area contributed by atoms with Crippen LogP contribution in [0.2, 0.25) is 0 Å². The molecule has 11 heteroatoms. The number of amides is 1. The number of carbonyl (C=O) groups is 1. The summed E-state index contributed by atoms with van der Waals surface area (Å²) in [6.45, 7) is 7.49. The van der Waals surface area contributed by atoms with Crippen molar-refractivity contribution >= 4 is 23.4 Å². The predicted molar refractivity (Wildman–Crippen MR) is 141 cm³/mol. The quantitative estimate of drug-likeness (QED) is 0.365. The Morgan fingerprint density at radius 2 is 1.92 bits per heavy atom. The average Bonchev–Trinajstić information content (AvgIpc) is 2.94. The number of ether oxygens (including phenoxy) is 1. The fourth-order valence-corrected chi connectivity index (χ4v) is 4.04. The number of aromatic nitrogens is 5. The molecule has 0 atom stereocenters. The summed E-state index contributed by atoms with van der Waals surface area (Å²) in [4.78, 5) is 37.4. The number of pyridine rings is 1. The maximum atomic E-state index is 15.1. The first kappa shape index (κ1) is 24.8. The lowest BCUT2D eigenvalue weighted by molar-refractivity contribution is -0.126. The smallest absolute Gasteiger partial charge is 0.322 e. The van der Waals surface area contributed by atoms with Crippen molar-refractivity contribution < 1.29 is 13.9 Å². The van der Waals surface area contributed by atoms with Crippen molar-refractivity contribution in [3.8, 4) is 22.9 Å². The standard InChI is InChI=1S/C27H25FN8O2/c1-3-24(37)35-11-13-36(14-12-35)25-21(17-31-26(34-25)33-20-5-4-9-29-16-20)19-6-7-23(22(28)15-19)38-27-30-10-8-18(2)32-27/h3-10,15-17H,1,11-14H2,2H3,(H,31,33,34). The Balaban J connectivity index is 1.46. The van der Waals surface area contributed by atoms with Gasteiger partial charge in [0.25, 0.3) is 0 Å². The Morgan fingerprint density at radius 1 is 1.08 bits per heavy atom. The third-order valence-electron chi connectivity index (χ3n) is 5.97. The van der Waals surface area contributed by atoms with Gasteiger partial charge >= 0.3 is 6.01 Å². The Morgan fingerprint density at radius 3 is 2.63 bits per heavy atom. The molecular formula is C27H25FN8O2. The minimum Gasteiger partial charge on any atom is -0.421 e. The Bertz CT molecular complexity index is 1460. The molecule has 192 valence electrons. The number of carbonyl (C=O) groups excluding carboxylic acids is 1. The molecule has 5 rings (SSSR count). The van der Waals surface area contributed by atoms with Gasteiger partial charge in [-0.05, 0) is 48.9 Å². The second kappa shape index (κ2) is 11.0. The van der Waals surface area contributed by atoms with Crippen LogP contribution in [0.4, 0.5) is 21.8 Å². The fourth-order valence-electron chi connectivity index (χ4n) is 4.04. The number of anilines is 3. The van der Waals surface area contributed by atoms with Gasteiger partial charge in [-0.25, -0.2) is 19.3 Å². The van der Waals surface area contributed by atoms with E-state index in [1.54, 1.807) is 48.7 Å². The largest absolute Gasteiger partial charge is 0.421 e. The first-order chi connectivity index (χ1) is 18.5. The van der Waals surface area contributed by atoms with Gasteiger partial charge in [0.15, 0.2) is 11.6 Å². The summed E-state index contributed by atoms with van der Waals surface area (Å²) < 4.78 is 20.7. The fraction of sp³-hybridized carbons (Fsp3) is 0.185. The summed E-state index contributed by atoms with van der Waals surface area (Å²) in [5.74, 6) is 0.318. The van der Waals surface area contributed by atoms with Crippen LogP contribution < -0.4 is 15.0 Å². The Hall–Kier alpha value is -4.93. The predicted octanol–water partition coefficient (Wildman–Crippen LogP) is 4.15. The van der Waals surface area contributed by atoms with Crippen molar-refractivity contribution in [1.82, 2.24) is 29.8 Å². The number of benzene rings is 1. The molecule has 1 aliphatic heterocycles. The van der Waals surface area contributed by atoms with Crippen LogP contribution in [0.25, 0.3) is 11.1 Å². The molecule has 1 fully saturated rings. The zero-order valence-corrected chi connectivity index (χ0v) is 20.7. The van der Waals surface area contributed by atoms with E-state index in [2.05, 4.69) is 36.7 Å². The summed E-state index contributed by atoms with van der Waals surface area (Å²) in [7, 11) is 0. The highest BCUT2D eigenvalue weighted by molar-refractivity contribution is 5.87. The van der Waals surface area contributed by atoms with E-state index in [1.807, 2.05) is 12.1 Å². The maximum Gasteiger partial charge on any atom is 0.322 e. The number of piperazine rings is 1. The molecule has 1 aromatic carbocycles. The Kier molecular flexibility index (Phi) is 7.16. The van der Waals surface area contributed by atoms with Crippen molar-refractivity contribution in [2.24, 2.45) is 0 Å². The van der Waals surface area contributed by atoms with E-state index in [0.29, 0.717) is 54.8 Å². The zero-order valence-electron chi connectivity index (χ0n) is 20.7. The third-order valence-corrected chi connectivity index (χ3v) is 5.97. The first-order valence-electron chi connectivity index (χ1n) is 12.0. The van der Waals surface area contributed by atoms with Crippen LogP contribution >= 0.6 is 0 Å². The van der Waals surface area contributed by atoms with E-state index in [9.17, 15) is 4.79 Å². The van der Waals surface area contributed by atoms with Gasteiger partial charge in [0.05, 0.1) is 11.9 Å². The number of rotatable bonds is 7. The summed E-state index contributed by atoms with van der Waals surface area (Å²) in [6, 6.07) is 10.1. The highest BCUT2D eigenvalue weighted by atomic mass is 19.1. The van der Waals surface area contributed by atoms with Crippen LogP contribution in [0.1, 0.15) is 5.69 Å². The Labute approximate surface area is 218 Å². The van der Waals surface area contributed by atoms with Gasteiger partial charge in [-0.1, -0.05) is 12.6 Å². The summed E-state index contributed by atoms with van der Waals surface area (Å²) in [5, 5.41) is 3.15. The number of halogens is 1. The number of hydrogen-bond donors (Lipinski definition) is 1. The molecule has 3 aromatic heterocycles. The minimum absolute atomic E-state index is 0.00762. The second-order valence-electron chi connectivity index (χ2n) is 8.54. The van der Waals surface area contributed by atoms with Crippen molar-refractivity contribution in [1.29, 1.82) is 0 Å². The molecule has 1 N–H and O–H groups in total. The highest BCUT2D eigenvalue weighted by Crippen LogP contribution is 2.34. The van der Waals surface area contributed by atoms with Crippen molar-refractivity contribution in [3.05, 3.63) is 85.4 Å². The van der Waals surface area contributed by atoms with Crippen LogP contribution in [-0.4, -0.2) is 61.9 Å². The number of nitrogens with one attached hydrogen (secondary N) is 1. The molecule has 0 unspecified atom stereocenters. The molecule has 0 bridgehead atoms. The van der Waals surface area contributed by atoms with Gasteiger partial charge in [-0.2, -0.15) is 4.98 Å². The molecule has 0 radical (unpaired) electrons. The van der Waals surface area contributed by atoms with E-state index in [0.717, 1.165) is 5.69 Å². The lowest BCUT2D eigenvalue weighted by Crippen LogP contribution is -2.48. The summed E-state index contributed by atoms with van der Waals surface area (Å²) >= 11 is 0. The van der Waals surface area contributed by atoms with Gasteiger partial charge in [0.2, 0.25) is 11.9 Å². The monoisotopic (exact) mass is 512 g/mol. The van der Waals surface area contributed by atoms with Gasteiger partial charge in [-0.15, -0.1) is 0 Å². The van der Waals surface area contributed by atoms with E-state index < -0.39 is 5.82 Å². The average molecular weight is 513 g/mol. The molecule has 1 aliphatic rings. The van der Waals surface area contributed by atoms with Gasteiger partial charge in [-0.3, -0.25) is 9.78 Å². The van der Waals surface area contributed by atoms with Crippen LogP contribution in [0.15, 0.2) is 73.8 Å². The topological polar surface area (TPSA) is 109 Å². The first-order valence-corrected chi connectivity index (χ1v) is 12.0. The molecule has 0 spiro atoms. The van der Waals surface area contributed by atoms with E-state index in [-0.39, 0.29) is 17.7 Å². The molecule has 10 nitrogen and oxygen atoms in total. The van der Waals surface area contributed by atoms with Crippen molar-refractivity contribution in [2.45, 2.75) is 6.92 Å². The second-order valence-corrected chi connectivity index (χ2v) is 8.54. The van der Waals surface area contributed by atoms with Gasteiger partial charge in [0, 0.05) is 56.0 Å². The number of aryl methyl sites for hydroxylation is 1. The summed E-state index contributed by atoms with van der Waals surface area (Å²) in [5.41, 5.74) is 2.66. The molecule has 0 aliphatic carbocycles.